The summed E-state index contributed by atoms with van der Waals surface area (Å²) < 4.78 is 2.28. The number of hydrogen-bond acceptors (Lipinski definition) is 2. The Morgan fingerprint density at radius 1 is 0.257 bits per heavy atom. The van der Waals surface area contributed by atoms with Gasteiger partial charge in [0.15, 0.2) is 0 Å². The van der Waals surface area contributed by atoms with Crippen LogP contribution in [0.3, 0.4) is 0 Å². The number of aromatic nitrogens is 2. The van der Waals surface area contributed by atoms with Gasteiger partial charge in [0.25, 0.3) is 0 Å². The van der Waals surface area contributed by atoms with Crippen LogP contribution in [0.15, 0.2) is 285 Å². The van der Waals surface area contributed by atoms with Gasteiger partial charge in [0.2, 0.25) is 0 Å². The van der Waals surface area contributed by atoms with Crippen molar-refractivity contribution < 1.29 is 0 Å². The molecule has 12 aromatic rings. The largest absolute Gasteiger partial charge is 0.310 e. The van der Waals surface area contributed by atoms with E-state index in [0.717, 1.165) is 67.4 Å². The van der Waals surface area contributed by atoms with Crippen LogP contribution in [0, 0.1) is 0 Å². The van der Waals surface area contributed by atoms with E-state index in [2.05, 4.69) is 289 Å². The lowest BCUT2D eigenvalue weighted by molar-refractivity contribution is 1.10. The van der Waals surface area contributed by atoms with Gasteiger partial charge in [-0.25, -0.2) is 4.98 Å². The molecule has 330 valence electrons. The third-order valence-electron chi connectivity index (χ3n) is 13.2. The second-order valence-corrected chi connectivity index (χ2v) is 17.6. The fourth-order valence-corrected chi connectivity index (χ4v) is 9.80. The van der Waals surface area contributed by atoms with Crippen molar-refractivity contribution in [3.8, 4) is 83.8 Å². The van der Waals surface area contributed by atoms with Gasteiger partial charge in [-0.15, -0.1) is 0 Å². The van der Waals surface area contributed by atoms with Gasteiger partial charge in [0.05, 0.1) is 11.0 Å². The van der Waals surface area contributed by atoms with Crippen molar-refractivity contribution in [1.82, 2.24) is 9.55 Å². The standard InChI is InChI=1S/C67H47N3/c1-7-20-49(21-8-1)61-41-39-59(46-63(61)51-24-11-3-12-25-51)69(60-40-42-62(50-22-9-2-10-23-50)64(47-60)52-26-13-4-14-27-52)58-37-34-48(35-38-58)54-30-19-31-55(44-54)56-36-43-65-66(45-56)70(57-32-17-6-18-33-57)67(68-65)53-28-15-5-16-29-53/h1-47H. The number of anilines is 3. The smallest absolute Gasteiger partial charge is 0.145 e. The summed E-state index contributed by atoms with van der Waals surface area (Å²) in [6.45, 7) is 0. The highest BCUT2D eigenvalue weighted by Gasteiger charge is 2.20. The molecule has 0 atom stereocenters. The molecule has 3 nitrogen and oxygen atoms in total. The summed E-state index contributed by atoms with van der Waals surface area (Å²) in [7, 11) is 0. The molecule has 1 heterocycles. The van der Waals surface area contributed by atoms with E-state index in [0.29, 0.717) is 0 Å². The molecule has 0 amide bonds. The second kappa shape index (κ2) is 18.8. The Morgan fingerprint density at radius 2 is 0.643 bits per heavy atom. The number of nitrogens with zero attached hydrogens (tertiary/aromatic N) is 3. The van der Waals surface area contributed by atoms with Crippen molar-refractivity contribution in [2.45, 2.75) is 0 Å². The molecule has 0 saturated carbocycles. The monoisotopic (exact) mass is 893 g/mol. The highest BCUT2D eigenvalue weighted by Crippen LogP contribution is 2.44. The maximum absolute atomic E-state index is 5.16. The average molecular weight is 894 g/mol. The zero-order valence-electron chi connectivity index (χ0n) is 38.5. The molecule has 0 saturated heterocycles. The number of imidazole rings is 1. The fourth-order valence-electron chi connectivity index (χ4n) is 9.80. The Kier molecular flexibility index (Phi) is 11.3. The van der Waals surface area contributed by atoms with Crippen LogP contribution in [-0.4, -0.2) is 9.55 Å². The van der Waals surface area contributed by atoms with Gasteiger partial charge in [-0.3, -0.25) is 4.57 Å². The number of rotatable bonds is 11. The van der Waals surface area contributed by atoms with Gasteiger partial charge in [0.1, 0.15) is 5.82 Å². The molecule has 0 aliphatic carbocycles. The Labute approximate surface area is 409 Å². The van der Waals surface area contributed by atoms with E-state index in [-0.39, 0.29) is 0 Å². The van der Waals surface area contributed by atoms with Crippen LogP contribution in [0.2, 0.25) is 0 Å². The molecule has 0 bridgehead atoms. The molecule has 0 aliphatic heterocycles. The molecule has 70 heavy (non-hydrogen) atoms. The maximum atomic E-state index is 5.16. The minimum Gasteiger partial charge on any atom is -0.310 e. The molecular weight excluding hydrogens is 847 g/mol. The summed E-state index contributed by atoms with van der Waals surface area (Å²) in [6.07, 6.45) is 0. The summed E-state index contributed by atoms with van der Waals surface area (Å²) >= 11 is 0. The fraction of sp³-hybridized carbons (Fsp3) is 0. The van der Waals surface area contributed by atoms with Crippen molar-refractivity contribution in [3.05, 3.63) is 285 Å². The van der Waals surface area contributed by atoms with Gasteiger partial charge in [-0.2, -0.15) is 0 Å². The summed E-state index contributed by atoms with van der Waals surface area (Å²) in [5.41, 5.74) is 21.4. The maximum Gasteiger partial charge on any atom is 0.145 e. The van der Waals surface area contributed by atoms with E-state index in [9.17, 15) is 0 Å². The first kappa shape index (κ1) is 42.1. The topological polar surface area (TPSA) is 21.1 Å². The quantitative estimate of drug-likeness (QED) is 0.129. The van der Waals surface area contributed by atoms with E-state index >= 15 is 0 Å². The molecule has 0 radical (unpaired) electrons. The number of hydrogen-bond donors (Lipinski definition) is 0. The van der Waals surface area contributed by atoms with Crippen LogP contribution in [0.1, 0.15) is 0 Å². The van der Waals surface area contributed by atoms with E-state index < -0.39 is 0 Å². The Hall–Kier alpha value is -9.31. The first-order valence-electron chi connectivity index (χ1n) is 23.9. The molecule has 0 N–H and O–H groups in total. The Bertz CT molecular complexity index is 3590. The van der Waals surface area contributed by atoms with Crippen LogP contribution in [0.5, 0.6) is 0 Å². The summed E-state index contributed by atoms with van der Waals surface area (Å²) in [4.78, 5) is 7.56. The molecule has 0 aliphatic rings. The van der Waals surface area contributed by atoms with Crippen LogP contribution in [0.4, 0.5) is 17.1 Å². The van der Waals surface area contributed by atoms with Gasteiger partial charge >= 0.3 is 0 Å². The van der Waals surface area contributed by atoms with Crippen molar-refractivity contribution in [3.63, 3.8) is 0 Å². The average Bonchev–Trinajstić information content (AvgIpc) is 3.84. The van der Waals surface area contributed by atoms with Crippen molar-refractivity contribution in [1.29, 1.82) is 0 Å². The van der Waals surface area contributed by atoms with Crippen molar-refractivity contribution in [2.24, 2.45) is 0 Å². The predicted molar refractivity (Wildman–Crippen MR) is 294 cm³/mol. The zero-order chi connectivity index (χ0) is 46.6. The molecule has 0 fully saturated rings. The zero-order valence-corrected chi connectivity index (χ0v) is 38.5. The first-order chi connectivity index (χ1) is 34.7. The molecule has 11 aromatic carbocycles. The van der Waals surface area contributed by atoms with Crippen molar-refractivity contribution in [2.75, 3.05) is 4.90 Å². The SMILES string of the molecule is c1ccc(-c2ccc(N(c3ccc(-c4cccc(-c5ccc6nc(-c7ccccc7)n(-c7ccccc7)c6c5)c4)cc3)c3ccc(-c4ccccc4)c(-c4ccccc4)c3)cc2-c2ccccc2)cc1. The lowest BCUT2D eigenvalue weighted by atomic mass is 9.92. The van der Waals surface area contributed by atoms with Gasteiger partial charge in [-0.1, -0.05) is 218 Å². The van der Waals surface area contributed by atoms with Crippen LogP contribution in [-0.2, 0) is 0 Å². The van der Waals surface area contributed by atoms with E-state index in [1.807, 2.05) is 6.07 Å². The highest BCUT2D eigenvalue weighted by molar-refractivity contribution is 5.93. The lowest BCUT2D eigenvalue weighted by Crippen LogP contribution is -2.10. The van der Waals surface area contributed by atoms with Gasteiger partial charge in [-0.05, 0) is 133 Å². The van der Waals surface area contributed by atoms with E-state index in [1.54, 1.807) is 0 Å². The summed E-state index contributed by atoms with van der Waals surface area (Å²) in [6, 6.07) is 102. The van der Waals surface area contributed by atoms with Crippen LogP contribution in [0.25, 0.3) is 94.9 Å². The van der Waals surface area contributed by atoms with Gasteiger partial charge < -0.3 is 4.90 Å². The van der Waals surface area contributed by atoms with Crippen LogP contribution < -0.4 is 4.90 Å². The number of benzene rings is 11. The van der Waals surface area contributed by atoms with Crippen LogP contribution >= 0.6 is 0 Å². The number of fused-ring (bicyclic) bond motifs is 1. The third kappa shape index (κ3) is 8.27. The molecule has 0 unspecified atom stereocenters. The Balaban J connectivity index is 0.967. The molecule has 3 heteroatoms. The Morgan fingerprint density at radius 3 is 1.14 bits per heavy atom. The summed E-state index contributed by atoms with van der Waals surface area (Å²) in [5, 5.41) is 0. The van der Waals surface area contributed by atoms with Gasteiger partial charge in [0, 0.05) is 28.3 Å². The van der Waals surface area contributed by atoms with E-state index in [4.69, 9.17) is 4.98 Å². The first-order valence-corrected chi connectivity index (χ1v) is 23.9. The normalized spacial score (nSPS) is 11.1. The predicted octanol–water partition coefficient (Wildman–Crippen LogP) is 18.2. The molecule has 0 spiro atoms. The third-order valence-corrected chi connectivity index (χ3v) is 13.2. The minimum absolute atomic E-state index is 0.925. The van der Waals surface area contributed by atoms with Crippen molar-refractivity contribution >= 4 is 28.1 Å². The molecular formula is C67H47N3. The molecule has 12 rings (SSSR count). The second-order valence-electron chi connectivity index (χ2n) is 17.6. The molecule has 1 aromatic heterocycles. The highest BCUT2D eigenvalue weighted by atomic mass is 15.1. The van der Waals surface area contributed by atoms with E-state index in [1.165, 1.54) is 44.5 Å². The number of para-hydroxylation sites is 1. The minimum atomic E-state index is 0.925. The summed E-state index contributed by atoms with van der Waals surface area (Å²) in [5.74, 6) is 0.925. The lowest BCUT2D eigenvalue weighted by Gasteiger charge is -2.28.